The summed E-state index contributed by atoms with van der Waals surface area (Å²) in [5, 5.41) is 15.4. The van der Waals surface area contributed by atoms with Gasteiger partial charge in [0.15, 0.2) is 0 Å². The molecule has 0 aliphatic heterocycles. The Morgan fingerprint density at radius 3 is 2.61 bits per heavy atom. The molecule has 0 aromatic carbocycles. The second kappa shape index (κ2) is 6.95. The van der Waals surface area contributed by atoms with Gasteiger partial charge in [-0.3, -0.25) is 0 Å². The average Bonchev–Trinajstić information content (AvgIpc) is 2.61. The van der Waals surface area contributed by atoms with Gasteiger partial charge < -0.3 is 20.5 Å². The summed E-state index contributed by atoms with van der Waals surface area (Å²) in [4.78, 5) is 11.3. The van der Waals surface area contributed by atoms with Crippen molar-refractivity contribution in [2.24, 2.45) is 5.92 Å². The van der Waals surface area contributed by atoms with Gasteiger partial charge in [-0.25, -0.2) is 4.79 Å². The molecule has 0 bridgehead atoms. The van der Waals surface area contributed by atoms with Crippen molar-refractivity contribution >= 4 is 6.09 Å². The molecular formula is C13H26N2O3. The molecular weight excluding hydrogens is 232 g/mol. The Kier molecular flexibility index (Phi) is 5.88. The number of carbonyl (C=O) groups excluding carboxylic acids is 1. The average molecular weight is 258 g/mol. The fourth-order valence-corrected chi connectivity index (χ4v) is 2.11. The summed E-state index contributed by atoms with van der Waals surface area (Å²) in [5.41, 5.74) is -0.447. The Labute approximate surface area is 109 Å². The molecule has 5 nitrogen and oxygen atoms in total. The number of nitrogens with one attached hydrogen (secondary N) is 2. The van der Waals surface area contributed by atoms with Crippen molar-refractivity contribution in [3.8, 4) is 0 Å². The van der Waals surface area contributed by atoms with E-state index in [1.807, 2.05) is 20.8 Å². The maximum absolute atomic E-state index is 11.3. The van der Waals surface area contributed by atoms with Gasteiger partial charge in [-0.05, 0) is 52.5 Å². The highest BCUT2D eigenvalue weighted by molar-refractivity contribution is 5.67. The van der Waals surface area contributed by atoms with Crippen LogP contribution in [0.4, 0.5) is 4.79 Å². The van der Waals surface area contributed by atoms with Crippen LogP contribution in [0.1, 0.15) is 40.0 Å². The van der Waals surface area contributed by atoms with Crippen molar-refractivity contribution in [3.63, 3.8) is 0 Å². The molecule has 0 aromatic heterocycles. The minimum atomic E-state index is -0.447. The summed E-state index contributed by atoms with van der Waals surface area (Å²) in [5.74, 6) is 0.571. The number of ether oxygens (including phenoxy) is 1. The van der Waals surface area contributed by atoms with Crippen molar-refractivity contribution < 1.29 is 14.6 Å². The van der Waals surface area contributed by atoms with Gasteiger partial charge >= 0.3 is 6.09 Å². The molecule has 1 aliphatic carbocycles. The van der Waals surface area contributed by atoms with Crippen LogP contribution < -0.4 is 10.6 Å². The maximum atomic E-state index is 11.3. The number of rotatable bonds is 5. The van der Waals surface area contributed by atoms with Crippen LogP contribution in [-0.4, -0.2) is 42.5 Å². The van der Waals surface area contributed by atoms with E-state index in [0.717, 1.165) is 32.4 Å². The van der Waals surface area contributed by atoms with Crippen LogP contribution in [0.5, 0.6) is 0 Å². The molecule has 0 spiro atoms. The molecule has 3 N–H and O–H groups in total. The SMILES string of the molecule is CC(C)(C)OC(=O)NCCNCC1CCC(O)C1. The van der Waals surface area contributed by atoms with E-state index in [-0.39, 0.29) is 12.2 Å². The topological polar surface area (TPSA) is 70.6 Å². The van der Waals surface area contributed by atoms with E-state index < -0.39 is 5.60 Å². The van der Waals surface area contributed by atoms with Gasteiger partial charge in [0.1, 0.15) is 5.60 Å². The highest BCUT2D eigenvalue weighted by atomic mass is 16.6. The van der Waals surface area contributed by atoms with E-state index in [0.29, 0.717) is 12.5 Å². The third kappa shape index (κ3) is 6.81. The lowest BCUT2D eigenvalue weighted by Crippen LogP contribution is -2.37. The smallest absolute Gasteiger partial charge is 0.407 e. The van der Waals surface area contributed by atoms with Crippen LogP contribution in [0.25, 0.3) is 0 Å². The Morgan fingerprint density at radius 1 is 1.33 bits per heavy atom. The summed E-state index contributed by atoms with van der Waals surface area (Å²) in [6, 6.07) is 0. The normalized spacial score (nSPS) is 24.0. The summed E-state index contributed by atoms with van der Waals surface area (Å²) in [6.45, 7) is 7.73. The van der Waals surface area contributed by atoms with E-state index in [2.05, 4.69) is 10.6 Å². The quantitative estimate of drug-likeness (QED) is 0.649. The molecule has 0 aromatic rings. The minimum absolute atomic E-state index is 0.114. The number of carbonyl (C=O) groups is 1. The third-order valence-corrected chi connectivity index (χ3v) is 2.92. The molecule has 2 atom stereocenters. The van der Waals surface area contributed by atoms with Crippen molar-refractivity contribution in [3.05, 3.63) is 0 Å². The highest BCUT2D eigenvalue weighted by Crippen LogP contribution is 2.24. The number of hydrogen-bond acceptors (Lipinski definition) is 4. The van der Waals surface area contributed by atoms with Crippen LogP contribution >= 0.6 is 0 Å². The molecule has 0 radical (unpaired) electrons. The van der Waals surface area contributed by atoms with Crippen molar-refractivity contribution in [1.29, 1.82) is 0 Å². The predicted molar refractivity (Wildman–Crippen MR) is 70.5 cm³/mol. The first-order valence-electron chi connectivity index (χ1n) is 6.72. The lowest BCUT2D eigenvalue weighted by Gasteiger charge is -2.19. The van der Waals surface area contributed by atoms with Gasteiger partial charge in [0.05, 0.1) is 6.10 Å². The van der Waals surface area contributed by atoms with Crippen LogP contribution in [-0.2, 0) is 4.74 Å². The van der Waals surface area contributed by atoms with E-state index in [9.17, 15) is 9.90 Å². The maximum Gasteiger partial charge on any atom is 0.407 e. The van der Waals surface area contributed by atoms with Crippen molar-refractivity contribution in [2.45, 2.75) is 51.7 Å². The Balaban J connectivity index is 1.97. The molecule has 1 amide bonds. The van der Waals surface area contributed by atoms with Gasteiger partial charge in [-0.2, -0.15) is 0 Å². The number of amides is 1. The predicted octanol–water partition coefficient (Wildman–Crippen LogP) is 1.26. The summed E-state index contributed by atoms with van der Waals surface area (Å²) in [6.07, 6.45) is 2.42. The Hall–Kier alpha value is -0.810. The van der Waals surface area contributed by atoms with E-state index >= 15 is 0 Å². The molecule has 1 fully saturated rings. The zero-order chi connectivity index (χ0) is 13.6. The van der Waals surface area contributed by atoms with Crippen LogP contribution in [0.15, 0.2) is 0 Å². The second-order valence-electron chi connectivity index (χ2n) is 5.97. The van der Waals surface area contributed by atoms with Crippen LogP contribution in [0.3, 0.4) is 0 Å². The first-order chi connectivity index (χ1) is 8.37. The molecule has 18 heavy (non-hydrogen) atoms. The van der Waals surface area contributed by atoms with Gasteiger partial charge in [-0.15, -0.1) is 0 Å². The molecule has 1 aliphatic rings. The molecule has 5 heteroatoms. The van der Waals surface area contributed by atoms with Gasteiger partial charge in [0.2, 0.25) is 0 Å². The van der Waals surface area contributed by atoms with E-state index in [1.165, 1.54) is 0 Å². The minimum Gasteiger partial charge on any atom is -0.444 e. The van der Waals surface area contributed by atoms with Crippen molar-refractivity contribution in [2.75, 3.05) is 19.6 Å². The summed E-state index contributed by atoms with van der Waals surface area (Å²) < 4.78 is 5.12. The summed E-state index contributed by atoms with van der Waals surface area (Å²) in [7, 11) is 0. The molecule has 0 heterocycles. The van der Waals surface area contributed by atoms with Crippen molar-refractivity contribution in [1.82, 2.24) is 10.6 Å². The molecule has 1 saturated carbocycles. The fourth-order valence-electron chi connectivity index (χ4n) is 2.11. The van der Waals surface area contributed by atoms with Gasteiger partial charge in [0, 0.05) is 13.1 Å². The molecule has 0 saturated heterocycles. The molecule has 1 rings (SSSR count). The molecule has 106 valence electrons. The van der Waals surface area contributed by atoms with E-state index in [4.69, 9.17) is 4.74 Å². The third-order valence-electron chi connectivity index (χ3n) is 2.92. The van der Waals surface area contributed by atoms with Crippen LogP contribution in [0.2, 0.25) is 0 Å². The second-order valence-corrected chi connectivity index (χ2v) is 5.97. The van der Waals surface area contributed by atoms with Gasteiger partial charge in [0.25, 0.3) is 0 Å². The monoisotopic (exact) mass is 258 g/mol. The standard InChI is InChI=1S/C13H26N2O3/c1-13(2,3)18-12(17)15-7-6-14-9-10-4-5-11(16)8-10/h10-11,14,16H,4-9H2,1-3H3,(H,15,17). The fraction of sp³-hybridized carbons (Fsp3) is 0.923. The van der Waals surface area contributed by atoms with Gasteiger partial charge in [-0.1, -0.05) is 0 Å². The molecule has 2 unspecified atom stereocenters. The zero-order valence-corrected chi connectivity index (χ0v) is 11.7. The Bertz CT molecular complexity index is 263. The largest absolute Gasteiger partial charge is 0.444 e. The lowest BCUT2D eigenvalue weighted by atomic mass is 10.1. The zero-order valence-electron chi connectivity index (χ0n) is 11.7. The first-order valence-corrected chi connectivity index (χ1v) is 6.72. The van der Waals surface area contributed by atoms with E-state index in [1.54, 1.807) is 0 Å². The number of hydrogen-bond donors (Lipinski definition) is 3. The highest BCUT2D eigenvalue weighted by Gasteiger charge is 2.22. The first kappa shape index (κ1) is 15.2. The lowest BCUT2D eigenvalue weighted by molar-refractivity contribution is 0.0528. The number of aliphatic hydroxyl groups is 1. The summed E-state index contributed by atoms with van der Waals surface area (Å²) >= 11 is 0. The Morgan fingerprint density at radius 2 is 2.06 bits per heavy atom. The van der Waals surface area contributed by atoms with Crippen LogP contribution in [0, 0.1) is 5.92 Å². The number of alkyl carbamates (subject to hydrolysis) is 1. The number of aliphatic hydroxyl groups excluding tert-OH is 1.